The smallest absolute Gasteiger partial charge is 0.377 e. The molecule has 0 unspecified atom stereocenters. The van der Waals surface area contributed by atoms with E-state index in [0.717, 1.165) is 40.8 Å². The highest BCUT2D eigenvalue weighted by Crippen LogP contribution is 2.40. The molecular weight excluding hydrogens is 393 g/mol. The number of anilines is 1. The number of hydrogen-bond donors (Lipinski definition) is 3. The van der Waals surface area contributed by atoms with Crippen LogP contribution in [-0.2, 0) is 6.42 Å². The van der Waals surface area contributed by atoms with Gasteiger partial charge in [0.05, 0.1) is 42.3 Å². The lowest BCUT2D eigenvalue weighted by molar-refractivity contribution is -0.127. The number of H-pyrrole nitrogens is 1. The van der Waals surface area contributed by atoms with Crippen molar-refractivity contribution in [2.75, 3.05) is 18.4 Å². The summed E-state index contributed by atoms with van der Waals surface area (Å²) in [6.45, 7) is 1.74. The average molecular weight is 414 g/mol. The van der Waals surface area contributed by atoms with E-state index in [4.69, 9.17) is 0 Å². The second kappa shape index (κ2) is 7.39. The van der Waals surface area contributed by atoms with Crippen LogP contribution in [-0.4, -0.2) is 45.5 Å². The molecule has 1 aromatic carbocycles. The molecule has 5 rings (SSSR count). The standard InChI is InChI=1S/C21H21F3N6/c22-21(23,24)6-12-2-1-3-15-16(4-5-18-17(15)11-28-30-18)19(12)20-26-9-14(10-27-20)29-13-7-25-8-13/h4-5,9-11,13,25,29H,1-3,6-8H2,(H,28,30). The molecule has 1 fully saturated rings. The second-order valence-electron chi connectivity index (χ2n) is 7.84. The van der Waals surface area contributed by atoms with Crippen molar-refractivity contribution in [3.05, 3.63) is 53.2 Å². The van der Waals surface area contributed by atoms with Gasteiger partial charge in [-0.25, -0.2) is 9.97 Å². The lowest BCUT2D eigenvalue weighted by atomic mass is 9.92. The molecule has 1 saturated heterocycles. The van der Waals surface area contributed by atoms with Gasteiger partial charge in [-0.15, -0.1) is 0 Å². The van der Waals surface area contributed by atoms with Gasteiger partial charge in [0.25, 0.3) is 0 Å². The number of hydrogen-bond acceptors (Lipinski definition) is 5. The summed E-state index contributed by atoms with van der Waals surface area (Å²) in [4.78, 5) is 8.92. The Labute approximate surface area is 171 Å². The Hall–Kier alpha value is -2.94. The summed E-state index contributed by atoms with van der Waals surface area (Å²) in [5.41, 5.74) is 4.25. The van der Waals surface area contributed by atoms with E-state index in [1.807, 2.05) is 12.1 Å². The van der Waals surface area contributed by atoms with Crippen LogP contribution < -0.4 is 10.6 Å². The lowest BCUT2D eigenvalue weighted by Gasteiger charge is -2.28. The Bertz CT molecular complexity index is 1100. The Morgan fingerprint density at radius 2 is 1.87 bits per heavy atom. The zero-order chi connectivity index (χ0) is 20.7. The van der Waals surface area contributed by atoms with Crippen molar-refractivity contribution in [1.82, 2.24) is 25.5 Å². The van der Waals surface area contributed by atoms with E-state index in [1.54, 1.807) is 18.6 Å². The normalized spacial score (nSPS) is 17.6. The van der Waals surface area contributed by atoms with E-state index in [0.29, 0.717) is 42.3 Å². The van der Waals surface area contributed by atoms with Gasteiger partial charge in [-0.2, -0.15) is 18.3 Å². The summed E-state index contributed by atoms with van der Waals surface area (Å²) in [6.07, 6.45) is 1.48. The molecule has 0 saturated carbocycles. The Kier molecular flexibility index (Phi) is 4.69. The first kappa shape index (κ1) is 19.0. The highest BCUT2D eigenvalue weighted by Gasteiger charge is 2.33. The molecule has 0 atom stereocenters. The van der Waals surface area contributed by atoms with Crippen LogP contribution in [0.4, 0.5) is 18.9 Å². The molecule has 3 heterocycles. The maximum absolute atomic E-state index is 13.4. The number of fused-ring (bicyclic) bond motifs is 3. The van der Waals surface area contributed by atoms with Crippen molar-refractivity contribution in [3.8, 4) is 0 Å². The van der Waals surface area contributed by atoms with E-state index < -0.39 is 12.6 Å². The van der Waals surface area contributed by atoms with Crippen molar-refractivity contribution in [2.45, 2.75) is 37.9 Å². The fourth-order valence-electron chi connectivity index (χ4n) is 4.23. The van der Waals surface area contributed by atoms with E-state index in [9.17, 15) is 13.2 Å². The topological polar surface area (TPSA) is 78.5 Å². The SMILES string of the molecule is FC(F)(F)CC1=C(c2ncc(NC3CNC3)cn2)c2ccc3[nH]ncc3c2CCC1. The highest BCUT2D eigenvalue weighted by molar-refractivity contribution is 5.91. The zero-order valence-electron chi connectivity index (χ0n) is 16.2. The summed E-state index contributed by atoms with van der Waals surface area (Å²) in [5, 5.41) is 14.5. The summed E-state index contributed by atoms with van der Waals surface area (Å²) in [6, 6.07) is 4.05. The number of halogens is 3. The molecule has 6 nitrogen and oxygen atoms in total. The molecule has 2 aliphatic rings. The number of aromatic amines is 1. The van der Waals surface area contributed by atoms with Crippen molar-refractivity contribution in [3.63, 3.8) is 0 Å². The molecule has 0 radical (unpaired) electrons. The molecule has 0 amide bonds. The van der Waals surface area contributed by atoms with Gasteiger partial charge in [0.2, 0.25) is 0 Å². The molecule has 9 heteroatoms. The number of nitrogens with one attached hydrogen (secondary N) is 3. The van der Waals surface area contributed by atoms with Crippen LogP contribution in [0.3, 0.4) is 0 Å². The van der Waals surface area contributed by atoms with Crippen molar-refractivity contribution in [1.29, 1.82) is 0 Å². The fourth-order valence-corrected chi connectivity index (χ4v) is 4.23. The maximum atomic E-state index is 13.4. The molecule has 2 aromatic heterocycles. The first-order valence-corrected chi connectivity index (χ1v) is 10.0. The van der Waals surface area contributed by atoms with Gasteiger partial charge in [0, 0.05) is 24.0 Å². The van der Waals surface area contributed by atoms with E-state index in [1.165, 1.54) is 0 Å². The van der Waals surface area contributed by atoms with Crippen LogP contribution in [0, 0.1) is 0 Å². The summed E-state index contributed by atoms with van der Waals surface area (Å²) >= 11 is 0. The van der Waals surface area contributed by atoms with Crippen LogP contribution in [0.15, 0.2) is 36.3 Å². The number of rotatable bonds is 4. The minimum absolute atomic E-state index is 0.326. The second-order valence-corrected chi connectivity index (χ2v) is 7.84. The number of aryl methyl sites for hydroxylation is 1. The van der Waals surface area contributed by atoms with Gasteiger partial charge in [-0.1, -0.05) is 6.07 Å². The number of allylic oxidation sites excluding steroid dienone is 1. The van der Waals surface area contributed by atoms with Gasteiger partial charge in [0.15, 0.2) is 5.82 Å². The van der Waals surface area contributed by atoms with Crippen molar-refractivity contribution >= 4 is 22.2 Å². The first-order chi connectivity index (χ1) is 14.5. The van der Waals surface area contributed by atoms with Gasteiger partial charge in [-0.05, 0) is 42.0 Å². The zero-order valence-corrected chi connectivity index (χ0v) is 16.2. The number of alkyl halides is 3. The van der Waals surface area contributed by atoms with Crippen molar-refractivity contribution < 1.29 is 13.2 Å². The summed E-state index contributed by atoms with van der Waals surface area (Å²) in [5.74, 6) is 0.331. The van der Waals surface area contributed by atoms with Crippen LogP contribution in [0.5, 0.6) is 0 Å². The Morgan fingerprint density at radius 3 is 2.57 bits per heavy atom. The van der Waals surface area contributed by atoms with E-state index in [-0.39, 0.29) is 0 Å². The van der Waals surface area contributed by atoms with Crippen LogP contribution in [0.25, 0.3) is 16.5 Å². The summed E-state index contributed by atoms with van der Waals surface area (Å²) < 4.78 is 40.2. The maximum Gasteiger partial charge on any atom is 0.392 e. The van der Waals surface area contributed by atoms with Gasteiger partial charge < -0.3 is 10.6 Å². The Morgan fingerprint density at radius 1 is 1.07 bits per heavy atom. The molecule has 30 heavy (non-hydrogen) atoms. The minimum atomic E-state index is -4.29. The molecule has 3 aromatic rings. The third-order valence-corrected chi connectivity index (χ3v) is 5.71. The van der Waals surface area contributed by atoms with Gasteiger partial charge in [-0.3, -0.25) is 5.10 Å². The number of benzene rings is 1. The molecule has 3 N–H and O–H groups in total. The summed E-state index contributed by atoms with van der Waals surface area (Å²) in [7, 11) is 0. The molecule has 0 spiro atoms. The molecular formula is C21H21F3N6. The lowest BCUT2D eigenvalue weighted by Crippen LogP contribution is -2.51. The quantitative estimate of drug-likeness (QED) is 0.605. The van der Waals surface area contributed by atoms with Crippen LogP contribution in [0.1, 0.15) is 36.2 Å². The highest BCUT2D eigenvalue weighted by atomic mass is 19.4. The third-order valence-electron chi connectivity index (χ3n) is 5.71. The first-order valence-electron chi connectivity index (χ1n) is 10.0. The van der Waals surface area contributed by atoms with E-state index >= 15 is 0 Å². The molecule has 156 valence electrons. The third kappa shape index (κ3) is 3.65. The number of aromatic nitrogens is 4. The fraction of sp³-hybridized carbons (Fsp3) is 0.381. The molecule has 0 bridgehead atoms. The molecule has 1 aliphatic heterocycles. The average Bonchev–Trinajstić information content (AvgIpc) is 3.08. The monoisotopic (exact) mass is 414 g/mol. The van der Waals surface area contributed by atoms with E-state index in [2.05, 4.69) is 30.8 Å². The molecule has 1 aliphatic carbocycles. The van der Waals surface area contributed by atoms with Crippen molar-refractivity contribution in [2.24, 2.45) is 0 Å². The predicted octanol–water partition coefficient (Wildman–Crippen LogP) is 3.83. The number of nitrogens with zero attached hydrogens (tertiary/aromatic N) is 3. The van der Waals surface area contributed by atoms with Crippen LogP contribution >= 0.6 is 0 Å². The largest absolute Gasteiger partial charge is 0.392 e. The van der Waals surface area contributed by atoms with Crippen LogP contribution in [0.2, 0.25) is 0 Å². The minimum Gasteiger partial charge on any atom is -0.377 e. The predicted molar refractivity (Wildman–Crippen MR) is 108 cm³/mol. The van der Waals surface area contributed by atoms with Gasteiger partial charge >= 0.3 is 6.18 Å². The Balaban J connectivity index is 1.61. The van der Waals surface area contributed by atoms with Gasteiger partial charge in [0.1, 0.15) is 0 Å².